The first kappa shape index (κ1) is 16.6. The number of rotatable bonds is 8. The molecule has 24 heavy (non-hydrogen) atoms. The van der Waals surface area contributed by atoms with Crippen molar-refractivity contribution in [2.45, 2.75) is 32.4 Å². The molecule has 1 aromatic carbocycles. The molecule has 0 amide bonds. The molecule has 0 saturated heterocycles. The zero-order chi connectivity index (χ0) is 16.8. The van der Waals surface area contributed by atoms with Crippen molar-refractivity contribution in [1.29, 1.82) is 0 Å². The van der Waals surface area contributed by atoms with Crippen LogP contribution in [-0.4, -0.2) is 32.7 Å². The molecule has 0 unspecified atom stereocenters. The monoisotopic (exact) mass is 344 g/mol. The Kier molecular flexibility index (Phi) is 5.55. The van der Waals surface area contributed by atoms with Crippen LogP contribution in [0.5, 0.6) is 6.01 Å². The van der Waals surface area contributed by atoms with E-state index in [1.807, 2.05) is 30.3 Å². The lowest BCUT2D eigenvalue weighted by Gasteiger charge is -2.16. The molecule has 0 fully saturated rings. The number of ether oxygens (including phenoxy) is 1. The maximum atomic E-state index is 9.51. The molecule has 0 aliphatic carbocycles. The minimum absolute atomic E-state index is 0.0443. The topological polar surface area (TPSA) is 80.2 Å². The van der Waals surface area contributed by atoms with E-state index in [-0.39, 0.29) is 18.7 Å². The van der Waals surface area contributed by atoms with Gasteiger partial charge in [0.1, 0.15) is 11.3 Å². The van der Waals surface area contributed by atoms with Crippen LogP contribution in [0.2, 0.25) is 0 Å². The first-order chi connectivity index (χ1) is 11.8. The number of hydrogen-bond acceptors (Lipinski definition) is 7. The Morgan fingerprint density at radius 2 is 2.08 bits per heavy atom. The van der Waals surface area contributed by atoms with Gasteiger partial charge in [-0.3, -0.25) is 0 Å². The summed E-state index contributed by atoms with van der Waals surface area (Å²) in [5.41, 5.74) is 3.39. The zero-order valence-corrected chi connectivity index (χ0v) is 14.3. The highest BCUT2D eigenvalue weighted by molar-refractivity contribution is 7.17. The molecule has 2 heterocycles. The van der Waals surface area contributed by atoms with Gasteiger partial charge < -0.3 is 15.2 Å². The van der Waals surface area contributed by atoms with Crippen molar-refractivity contribution >= 4 is 27.5 Å². The average Bonchev–Trinajstić information content (AvgIpc) is 3.09. The minimum atomic E-state index is -0.0443. The van der Waals surface area contributed by atoms with E-state index < -0.39 is 0 Å². The maximum absolute atomic E-state index is 9.51. The fourth-order valence-corrected chi connectivity index (χ4v) is 3.06. The molecular formula is C17H20N4O2S. The molecule has 1 atom stereocenters. The van der Waals surface area contributed by atoms with Gasteiger partial charge in [-0.2, -0.15) is 9.97 Å². The van der Waals surface area contributed by atoms with Crippen LogP contribution in [0.1, 0.15) is 25.3 Å². The number of benzene rings is 1. The Morgan fingerprint density at radius 3 is 2.83 bits per heavy atom. The van der Waals surface area contributed by atoms with Crippen LogP contribution in [0.4, 0.5) is 5.82 Å². The number of aromatic nitrogens is 3. The summed E-state index contributed by atoms with van der Waals surface area (Å²) in [5.74, 6) is 0.665. The molecule has 0 aliphatic rings. The van der Waals surface area contributed by atoms with Gasteiger partial charge in [0, 0.05) is 0 Å². The molecule has 0 saturated carbocycles. The zero-order valence-electron chi connectivity index (χ0n) is 13.5. The quantitative estimate of drug-likeness (QED) is 0.653. The van der Waals surface area contributed by atoms with Gasteiger partial charge in [-0.1, -0.05) is 43.7 Å². The molecule has 7 heteroatoms. The van der Waals surface area contributed by atoms with Crippen molar-refractivity contribution in [3.63, 3.8) is 0 Å². The maximum Gasteiger partial charge on any atom is 0.320 e. The minimum Gasteiger partial charge on any atom is -0.458 e. The Labute approximate surface area is 144 Å². The van der Waals surface area contributed by atoms with Gasteiger partial charge >= 0.3 is 6.01 Å². The second kappa shape index (κ2) is 8.03. The number of thiazole rings is 1. The van der Waals surface area contributed by atoms with E-state index in [0.29, 0.717) is 18.1 Å². The summed E-state index contributed by atoms with van der Waals surface area (Å²) >= 11 is 1.47. The van der Waals surface area contributed by atoms with Gasteiger partial charge in [0.15, 0.2) is 11.5 Å². The first-order valence-electron chi connectivity index (χ1n) is 7.95. The van der Waals surface area contributed by atoms with Gasteiger partial charge in [-0.05, 0) is 12.0 Å². The average molecular weight is 344 g/mol. The summed E-state index contributed by atoms with van der Waals surface area (Å²) in [6.45, 7) is 2.54. The molecule has 0 radical (unpaired) electrons. The summed E-state index contributed by atoms with van der Waals surface area (Å²) in [5, 5.41) is 12.8. The highest BCUT2D eigenvalue weighted by Crippen LogP contribution is 2.27. The second-order valence-electron chi connectivity index (χ2n) is 5.45. The number of nitrogens with zero attached hydrogens (tertiary/aromatic N) is 3. The molecule has 3 rings (SSSR count). The number of anilines is 1. The molecule has 6 nitrogen and oxygen atoms in total. The van der Waals surface area contributed by atoms with E-state index in [0.717, 1.165) is 23.1 Å². The number of aliphatic hydroxyl groups is 1. The summed E-state index contributed by atoms with van der Waals surface area (Å²) in [6.07, 6.45) is 1.84. The van der Waals surface area contributed by atoms with Gasteiger partial charge in [-0.25, -0.2) is 4.98 Å². The Morgan fingerprint density at radius 1 is 1.25 bits per heavy atom. The van der Waals surface area contributed by atoms with Crippen LogP contribution in [-0.2, 0) is 6.61 Å². The van der Waals surface area contributed by atoms with Gasteiger partial charge in [0.25, 0.3) is 0 Å². The van der Waals surface area contributed by atoms with E-state index in [4.69, 9.17) is 4.74 Å². The predicted molar refractivity (Wildman–Crippen MR) is 95.4 cm³/mol. The standard InChI is InChI=1S/C17H20N4O2S/c1-2-6-13(9-22)19-16-14-15(18-11-24-14)20-17(21-16)23-10-12-7-4-3-5-8-12/h3-5,7-8,11,13,22H,2,6,9-10H2,1H3,(H,19,20,21)/t13-/m1/s1. The van der Waals surface area contributed by atoms with E-state index >= 15 is 0 Å². The van der Waals surface area contributed by atoms with Crippen molar-refractivity contribution in [1.82, 2.24) is 15.0 Å². The second-order valence-corrected chi connectivity index (χ2v) is 6.30. The molecule has 2 aromatic heterocycles. The van der Waals surface area contributed by atoms with Crippen LogP contribution in [0.3, 0.4) is 0 Å². The highest BCUT2D eigenvalue weighted by atomic mass is 32.1. The van der Waals surface area contributed by atoms with Gasteiger partial charge in [0.2, 0.25) is 0 Å². The lowest BCUT2D eigenvalue weighted by Crippen LogP contribution is -2.24. The lowest BCUT2D eigenvalue weighted by atomic mass is 10.2. The van der Waals surface area contributed by atoms with Gasteiger partial charge in [0.05, 0.1) is 18.2 Å². The van der Waals surface area contributed by atoms with Crippen molar-refractivity contribution in [3.05, 3.63) is 41.4 Å². The molecule has 0 bridgehead atoms. The lowest BCUT2D eigenvalue weighted by molar-refractivity contribution is 0.267. The van der Waals surface area contributed by atoms with Crippen LogP contribution < -0.4 is 10.1 Å². The van der Waals surface area contributed by atoms with Crippen LogP contribution in [0, 0.1) is 0 Å². The smallest absolute Gasteiger partial charge is 0.320 e. The van der Waals surface area contributed by atoms with Crippen molar-refractivity contribution < 1.29 is 9.84 Å². The SMILES string of the molecule is CCC[C@H](CO)Nc1nc(OCc2ccccc2)nc2ncsc12. The summed E-state index contributed by atoms with van der Waals surface area (Å²) in [4.78, 5) is 13.1. The Balaban J connectivity index is 1.81. The van der Waals surface area contributed by atoms with E-state index in [2.05, 4.69) is 27.2 Å². The van der Waals surface area contributed by atoms with Crippen molar-refractivity contribution in [2.24, 2.45) is 0 Å². The van der Waals surface area contributed by atoms with Crippen molar-refractivity contribution in [2.75, 3.05) is 11.9 Å². The highest BCUT2D eigenvalue weighted by Gasteiger charge is 2.15. The molecule has 2 N–H and O–H groups in total. The van der Waals surface area contributed by atoms with Crippen LogP contribution >= 0.6 is 11.3 Å². The summed E-state index contributed by atoms with van der Waals surface area (Å²) in [6, 6.07) is 10.1. The normalized spacial score (nSPS) is 12.2. The molecule has 3 aromatic rings. The van der Waals surface area contributed by atoms with Crippen LogP contribution in [0.25, 0.3) is 10.3 Å². The predicted octanol–water partition coefficient (Wildman–Crippen LogP) is 3.24. The Hall–Kier alpha value is -2.25. The molecular weight excluding hydrogens is 324 g/mol. The summed E-state index contributed by atoms with van der Waals surface area (Å²) in [7, 11) is 0. The van der Waals surface area contributed by atoms with Crippen molar-refractivity contribution in [3.8, 4) is 6.01 Å². The van der Waals surface area contributed by atoms with Gasteiger partial charge in [-0.15, -0.1) is 11.3 Å². The molecule has 126 valence electrons. The fraction of sp³-hybridized carbons (Fsp3) is 0.353. The first-order valence-corrected chi connectivity index (χ1v) is 8.83. The van der Waals surface area contributed by atoms with E-state index in [1.165, 1.54) is 11.3 Å². The third-order valence-corrected chi connectivity index (χ3v) is 4.40. The number of fused-ring (bicyclic) bond motifs is 1. The summed E-state index contributed by atoms with van der Waals surface area (Å²) < 4.78 is 6.60. The largest absolute Gasteiger partial charge is 0.458 e. The fourth-order valence-electron chi connectivity index (χ4n) is 2.38. The van der Waals surface area contributed by atoms with Crippen LogP contribution in [0.15, 0.2) is 35.8 Å². The third-order valence-electron chi connectivity index (χ3n) is 3.58. The van der Waals surface area contributed by atoms with E-state index in [1.54, 1.807) is 5.51 Å². The molecule has 0 spiro atoms. The number of nitrogens with one attached hydrogen (secondary N) is 1. The number of aliphatic hydroxyl groups excluding tert-OH is 1. The van der Waals surface area contributed by atoms with E-state index in [9.17, 15) is 5.11 Å². The number of hydrogen-bond donors (Lipinski definition) is 2. The molecule has 0 aliphatic heterocycles. The third kappa shape index (κ3) is 3.98. The Bertz CT molecular complexity index is 779.